The predicted octanol–water partition coefficient (Wildman–Crippen LogP) is 16.3. The summed E-state index contributed by atoms with van der Waals surface area (Å²) < 4.78 is 98.6. The van der Waals surface area contributed by atoms with E-state index in [2.05, 4.69) is 27.7 Å². The lowest BCUT2D eigenvalue weighted by Crippen LogP contribution is -2.22. The zero-order valence-corrected chi connectivity index (χ0v) is 71.8. The molecular weight excluding hydrogens is 1490 g/mol. The summed E-state index contributed by atoms with van der Waals surface area (Å²) in [7, 11) is 11.4. The SMILES string of the molecule is CCCCCCCCC1c2cc(c(OCC(=O)COC)cc2OCC(=O)COC)C(CCCCCCCC)c2cc(c(OCC(=O)COC)cc2OCC(=O)COC)C(CCCCCCCC)c2cc(c(OCC(=O)COC)cc2OCC(=O)COC)C(CCCCCCCC)c2cc1c(OCC(=O)COC)cc2OCC(=O)COC. The molecule has 5 rings (SSSR count). The van der Waals surface area contributed by atoms with E-state index in [9.17, 15) is 38.4 Å². The summed E-state index contributed by atoms with van der Waals surface area (Å²) in [4.78, 5) is 112. The van der Waals surface area contributed by atoms with Crippen LogP contribution in [0.3, 0.4) is 0 Å². The maximum absolute atomic E-state index is 14.1. The van der Waals surface area contributed by atoms with Crippen LogP contribution in [0.5, 0.6) is 46.0 Å². The lowest BCUT2D eigenvalue weighted by Gasteiger charge is -2.32. The van der Waals surface area contributed by atoms with Crippen molar-refractivity contribution >= 4 is 46.3 Å². The van der Waals surface area contributed by atoms with E-state index in [4.69, 9.17) is 75.8 Å². The van der Waals surface area contributed by atoms with E-state index < -0.39 is 76.5 Å². The minimum atomic E-state index is -0.775. The third-order valence-corrected chi connectivity index (χ3v) is 20.5. The van der Waals surface area contributed by atoms with E-state index in [0.717, 1.165) is 128 Å². The summed E-state index contributed by atoms with van der Waals surface area (Å²) in [6.07, 6.45) is 23.0. The van der Waals surface area contributed by atoms with Crippen LogP contribution in [-0.4, -0.2) is 209 Å². The molecule has 0 unspecified atom stereocenters. The molecule has 4 aromatic carbocycles. The second-order valence-electron chi connectivity index (χ2n) is 30.2. The molecule has 648 valence electrons. The van der Waals surface area contributed by atoms with Crippen molar-refractivity contribution in [1.82, 2.24) is 0 Å². The minimum absolute atomic E-state index is 0.214. The van der Waals surface area contributed by atoms with Gasteiger partial charge in [-0.1, -0.05) is 182 Å². The lowest BCUT2D eigenvalue weighted by molar-refractivity contribution is -0.125. The number of carbonyl (C=O) groups excluding carboxylic acids is 8. The molecule has 8 bridgehead atoms. The number of benzene rings is 4. The Morgan fingerprint density at radius 3 is 0.448 bits per heavy atom. The maximum Gasteiger partial charge on any atom is 0.195 e. The Morgan fingerprint density at radius 1 is 0.190 bits per heavy atom. The molecule has 116 heavy (non-hydrogen) atoms. The molecule has 24 nitrogen and oxygen atoms in total. The molecule has 0 radical (unpaired) electrons. The average Bonchev–Trinajstić information content (AvgIpc) is 0.746. The molecule has 0 aliphatic heterocycles. The summed E-state index contributed by atoms with van der Waals surface area (Å²) in [5.74, 6) is -4.45. The zero-order valence-electron chi connectivity index (χ0n) is 71.8. The minimum Gasteiger partial charge on any atom is -0.485 e. The smallest absolute Gasteiger partial charge is 0.195 e. The third kappa shape index (κ3) is 34.7. The van der Waals surface area contributed by atoms with Crippen LogP contribution in [0.15, 0.2) is 48.5 Å². The molecular formula is C92H136O24. The van der Waals surface area contributed by atoms with Crippen molar-refractivity contribution < 1.29 is 114 Å². The highest BCUT2D eigenvalue weighted by molar-refractivity contribution is 5.85. The van der Waals surface area contributed by atoms with E-state index in [-0.39, 0.29) is 145 Å². The first-order valence-corrected chi connectivity index (χ1v) is 42.2. The molecule has 0 amide bonds. The molecule has 4 aromatic rings. The Bertz CT molecular complexity index is 2960. The topological polar surface area (TPSA) is 284 Å². The molecule has 0 saturated carbocycles. The van der Waals surface area contributed by atoms with Crippen molar-refractivity contribution in [1.29, 1.82) is 0 Å². The fourth-order valence-corrected chi connectivity index (χ4v) is 14.9. The van der Waals surface area contributed by atoms with Crippen molar-refractivity contribution in [2.24, 2.45) is 0 Å². The Hall–Kier alpha value is -7.68. The molecule has 1 aliphatic rings. The Balaban J connectivity index is 2.37. The number of rotatable bonds is 68. The number of hydrogen-bond donors (Lipinski definition) is 0. The van der Waals surface area contributed by atoms with Crippen LogP contribution < -0.4 is 37.9 Å². The van der Waals surface area contributed by atoms with Crippen molar-refractivity contribution in [3.63, 3.8) is 0 Å². The van der Waals surface area contributed by atoms with E-state index in [1.54, 1.807) is 24.3 Å². The molecule has 24 heteroatoms. The third-order valence-electron chi connectivity index (χ3n) is 20.5. The molecule has 0 aromatic heterocycles. The highest BCUT2D eigenvalue weighted by atomic mass is 16.5. The number of unbranched alkanes of at least 4 members (excludes halogenated alkanes) is 20. The largest absolute Gasteiger partial charge is 0.485 e. The summed E-state index contributed by atoms with van der Waals surface area (Å²) in [6, 6.07) is 15.0. The number of ketones is 8. The van der Waals surface area contributed by atoms with Crippen LogP contribution in [0.4, 0.5) is 0 Å². The first kappa shape index (κ1) is 98.9. The summed E-state index contributed by atoms with van der Waals surface area (Å²) in [5.41, 5.74) is 4.50. The first-order valence-electron chi connectivity index (χ1n) is 42.2. The number of hydrogen-bond acceptors (Lipinski definition) is 24. The van der Waals surface area contributed by atoms with Crippen molar-refractivity contribution in [3.05, 3.63) is 93.0 Å². The molecule has 0 spiro atoms. The predicted molar refractivity (Wildman–Crippen MR) is 444 cm³/mol. The quantitative estimate of drug-likeness (QED) is 0.0371. The van der Waals surface area contributed by atoms with Crippen molar-refractivity contribution in [3.8, 4) is 46.0 Å². The van der Waals surface area contributed by atoms with Gasteiger partial charge in [0, 0.05) is 149 Å². The Labute approximate surface area is 690 Å². The average molecular weight is 1630 g/mol. The van der Waals surface area contributed by atoms with E-state index in [0.29, 0.717) is 95.9 Å². The van der Waals surface area contributed by atoms with Gasteiger partial charge in [-0.25, -0.2) is 0 Å². The van der Waals surface area contributed by atoms with Gasteiger partial charge in [0.15, 0.2) is 46.3 Å². The second-order valence-corrected chi connectivity index (χ2v) is 30.2. The van der Waals surface area contributed by atoms with Crippen LogP contribution >= 0.6 is 0 Å². The normalized spacial score (nSPS) is 14.4. The summed E-state index contributed by atoms with van der Waals surface area (Å²) in [6.45, 7) is 2.77. The van der Waals surface area contributed by atoms with Crippen LogP contribution in [0.1, 0.15) is 276 Å². The highest BCUT2D eigenvalue weighted by Crippen LogP contribution is 2.54. The molecule has 0 fully saturated rings. The van der Waals surface area contributed by atoms with Gasteiger partial charge in [0.05, 0.1) is 0 Å². The van der Waals surface area contributed by atoms with Gasteiger partial charge in [-0.15, -0.1) is 0 Å². The summed E-state index contributed by atoms with van der Waals surface area (Å²) >= 11 is 0. The van der Waals surface area contributed by atoms with E-state index >= 15 is 0 Å². The van der Waals surface area contributed by atoms with Gasteiger partial charge in [0.2, 0.25) is 0 Å². The first-order chi connectivity index (χ1) is 56.4. The lowest BCUT2D eigenvalue weighted by atomic mass is 9.76. The molecule has 0 saturated heterocycles. The standard InChI is InChI=1S/C92H136O24/c1-13-17-21-25-29-33-37-73-77-41-79(87(111-59-67(95)51-103-7)45-85(77)109-57-65(93)49-101-5)74(38-34-30-26-22-18-14-2)81-43-83(91(115-63-71(99)55-107-11)47-89(81)113-61-69(97)53-105-9)76(40-36-32-28-24-20-16-4)84-44-82(90(114-62-70(98)54-106-10)48-92(84)116-64-72(100)56-108-12)75(39-35-31-27-23-19-15-3)80-42-78(73)86(110-58-66(94)50-102-6)46-88(80)112-60-68(96)52-104-8/h41-48,73-76H,13-40,49-64H2,1-12H3. The Kier molecular flexibility index (Phi) is 49.7. The van der Waals surface area contributed by atoms with Crippen LogP contribution in [0.2, 0.25) is 0 Å². The van der Waals surface area contributed by atoms with E-state index in [1.165, 1.54) is 56.9 Å². The number of Topliss-reactive ketones (excluding diaryl/α,β-unsaturated/α-hetero) is 8. The van der Waals surface area contributed by atoms with Gasteiger partial charge >= 0.3 is 0 Å². The van der Waals surface area contributed by atoms with Gasteiger partial charge in [0.25, 0.3) is 0 Å². The van der Waals surface area contributed by atoms with Crippen LogP contribution in [0.25, 0.3) is 0 Å². The number of methoxy groups -OCH3 is 8. The van der Waals surface area contributed by atoms with Crippen molar-refractivity contribution in [2.45, 2.75) is 231 Å². The highest BCUT2D eigenvalue weighted by Gasteiger charge is 2.37. The Morgan fingerprint density at radius 2 is 0.319 bits per heavy atom. The zero-order chi connectivity index (χ0) is 84.2. The molecule has 1 aliphatic carbocycles. The van der Waals surface area contributed by atoms with Crippen LogP contribution in [0, 0.1) is 0 Å². The fraction of sp³-hybridized carbons (Fsp3) is 0.652. The number of carbonyl (C=O) groups is 8. The number of ether oxygens (including phenoxy) is 16. The van der Waals surface area contributed by atoms with Gasteiger partial charge in [0.1, 0.15) is 152 Å². The van der Waals surface area contributed by atoms with E-state index in [1.807, 2.05) is 24.3 Å². The monoisotopic (exact) mass is 1620 g/mol. The molecule has 0 N–H and O–H groups in total. The molecule has 0 heterocycles. The van der Waals surface area contributed by atoms with Gasteiger partial charge in [-0.05, 0) is 49.9 Å². The fourth-order valence-electron chi connectivity index (χ4n) is 14.9. The molecule has 0 atom stereocenters. The van der Waals surface area contributed by atoms with Gasteiger partial charge < -0.3 is 75.8 Å². The maximum atomic E-state index is 14.1. The number of fused-ring (bicyclic) bond motifs is 8. The summed E-state index contributed by atoms with van der Waals surface area (Å²) in [5, 5.41) is 0. The van der Waals surface area contributed by atoms with Gasteiger partial charge in [-0.3, -0.25) is 38.4 Å². The second kappa shape index (κ2) is 58.2. The van der Waals surface area contributed by atoms with Gasteiger partial charge in [-0.2, -0.15) is 0 Å². The van der Waals surface area contributed by atoms with Crippen LogP contribution in [-0.2, 0) is 76.3 Å². The van der Waals surface area contributed by atoms with Crippen molar-refractivity contribution in [2.75, 3.05) is 163 Å².